The van der Waals surface area contributed by atoms with Gasteiger partial charge in [-0.25, -0.2) is 0 Å². The summed E-state index contributed by atoms with van der Waals surface area (Å²) in [7, 11) is 0. The van der Waals surface area contributed by atoms with E-state index in [2.05, 4.69) is 3.53 Å². The first kappa shape index (κ1) is 9.11. The maximum Gasteiger partial charge on any atom is 0.259 e. The summed E-state index contributed by atoms with van der Waals surface area (Å²) in [5, 5.41) is 0. The number of benzene rings is 1. The quantitative estimate of drug-likeness (QED) is 0.406. The Kier molecular flexibility index (Phi) is 2.74. The maximum atomic E-state index is 11.1. The molecule has 0 bridgehead atoms. The largest absolute Gasteiger partial charge is 0.397 e. The molecule has 12 heavy (non-hydrogen) atoms. The van der Waals surface area contributed by atoms with Crippen LogP contribution in [0.5, 0.6) is 0 Å². The Labute approximate surface area is 83.8 Å². The van der Waals surface area contributed by atoms with Crippen LogP contribution in [0.2, 0.25) is 0 Å². The average molecular weight is 277 g/mol. The Morgan fingerprint density at radius 1 is 1.33 bits per heavy atom. The Morgan fingerprint density at radius 2 is 2.00 bits per heavy atom. The lowest BCUT2D eigenvalue weighted by Crippen LogP contribution is -2.12. The number of hydrogen-bond donors (Lipinski definition) is 3. The lowest BCUT2D eigenvalue weighted by Gasteiger charge is -2.02. The first-order valence-corrected chi connectivity index (χ1v) is 4.29. The van der Waals surface area contributed by atoms with Crippen molar-refractivity contribution in [3.63, 3.8) is 0 Å². The lowest BCUT2D eigenvalue weighted by molar-refractivity contribution is 0.0990. The molecule has 0 radical (unpaired) electrons. The fourth-order valence-electron chi connectivity index (χ4n) is 0.771. The fourth-order valence-corrected chi connectivity index (χ4v) is 1.08. The second-order valence-corrected chi connectivity index (χ2v) is 2.81. The molecule has 0 atom stereocenters. The van der Waals surface area contributed by atoms with Crippen molar-refractivity contribution in [3.8, 4) is 0 Å². The second-order valence-electron chi connectivity index (χ2n) is 2.27. The summed E-state index contributed by atoms with van der Waals surface area (Å²) < 4.78 is 2.46. The predicted molar refractivity (Wildman–Crippen MR) is 56.8 cm³/mol. The number of carbonyl (C=O) groups is 1. The molecule has 0 aromatic heterocycles. The van der Waals surface area contributed by atoms with Gasteiger partial charge < -0.3 is 11.5 Å². The molecular weight excluding hydrogens is 269 g/mol. The predicted octanol–water partition coefficient (Wildman–Crippen LogP) is 0.931. The SMILES string of the molecule is Nc1ccc(C(=O)NI)cc1N. The van der Waals surface area contributed by atoms with Gasteiger partial charge in [0.1, 0.15) is 0 Å². The smallest absolute Gasteiger partial charge is 0.259 e. The van der Waals surface area contributed by atoms with E-state index >= 15 is 0 Å². The van der Waals surface area contributed by atoms with Crippen LogP contribution in [0.1, 0.15) is 10.4 Å². The molecule has 0 aliphatic heterocycles. The van der Waals surface area contributed by atoms with Gasteiger partial charge in [-0.05, 0) is 18.2 Å². The van der Waals surface area contributed by atoms with Crippen LogP contribution < -0.4 is 15.0 Å². The van der Waals surface area contributed by atoms with Crippen molar-refractivity contribution in [2.45, 2.75) is 0 Å². The van der Waals surface area contributed by atoms with Gasteiger partial charge in [0.15, 0.2) is 0 Å². The molecule has 0 aliphatic carbocycles. The van der Waals surface area contributed by atoms with E-state index in [0.29, 0.717) is 16.9 Å². The van der Waals surface area contributed by atoms with Crippen molar-refractivity contribution in [1.29, 1.82) is 0 Å². The third kappa shape index (κ3) is 1.79. The first-order chi connectivity index (χ1) is 5.65. The highest BCUT2D eigenvalue weighted by molar-refractivity contribution is 14.1. The number of nitrogen functional groups attached to an aromatic ring is 2. The minimum atomic E-state index is -0.178. The molecule has 4 nitrogen and oxygen atoms in total. The maximum absolute atomic E-state index is 11.1. The Morgan fingerprint density at radius 3 is 2.50 bits per heavy atom. The summed E-state index contributed by atoms with van der Waals surface area (Å²) >= 11 is 1.77. The normalized spacial score (nSPS) is 9.42. The fraction of sp³-hybridized carbons (Fsp3) is 0. The summed E-state index contributed by atoms with van der Waals surface area (Å²) in [6, 6.07) is 4.78. The highest BCUT2D eigenvalue weighted by Gasteiger charge is 2.04. The van der Waals surface area contributed by atoms with Gasteiger partial charge in [0.05, 0.1) is 34.2 Å². The topological polar surface area (TPSA) is 81.1 Å². The number of rotatable bonds is 1. The van der Waals surface area contributed by atoms with Gasteiger partial charge in [-0.2, -0.15) is 0 Å². The molecule has 0 heterocycles. The zero-order valence-electron chi connectivity index (χ0n) is 6.17. The van der Waals surface area contributed by atoms with Crippen LogP contribution in [0, 0.1) is 0 Å². The number of anilines is 2. The van der Waals surface area contributed by atoms with Crippen molar-refractivity contribution in [2.24, 2.45) is 0 Å². The van der Waals surface area contributed by atoms with E-state index in [1.54, 1.807) is 41.1 Å². The van der Waals surface area contributed by atoms with E-state index in [0.717, 1.165) is 0 Å². The van der Waals surface area contributed by atoms with Gasteiger partial charge in [0.25, 0.3) is 5.91 Å². The van der Waals surface area contributed by atoms with Gasteiger partial charge >= 0.3 is 0 Å². The van der Waals surface area contributed by atoms with E-state index < -0.39 is 0 Å². The molecule has 5 N–H and O–H groups in total. The number of hydrogen-bond acceptors (Lipinski definition) is 3. The summed E-state index contributed by atoms with van der Waals surface area (Å²) in [5.74, 6) is -0.178. The van der Waals surface area contributed by atoms with Gasteiger partial charge in [-0.15, -0.1) is 0 Å². The van der Waals surface area contributed by atoms with Crippen molar-refractivity contribution in [2.75, 3.05) is 11.5 Å². The molecule has 0 saturated carbocycles. The third-order valence-electron chi connectivity index (χ3n) is 1.43. The highest BCUT2D eigenvalue weighted by atomic mass is 127. The minimum Gasteiger partial charge on any atom is -0.397 e. The third-order valence-corrected chi connectivity index (χ3v) is 1.92. The van der Waals surface area contributed by atoms with Crippen LogP contribution in [0.4, 0.5) is 11.4 Å². The van der Waals surface area contributed by atoms with Crippen LogP contribution in [0.25, 0.3) is 0 Å². The number of nitrogens with two attached hydrogens (primary N) is 2. The minimum absolute atomic E-state index is 0.178. The lowest BCUT2D eigenvalue weighted by atomic mass is 10.2. The summed E-state index contributed by atoms with van der Waals surface area (Å²) in [6.07, 6.45) is 0. The van der Waals surface area contributed by atoms with Crippen LogP contribution in [0.15, 0.2) is 18.2 Å². The zero-order valence-corrected chi connectivity index (χ0v) is 8.33. The van der Waals surface area contributed by atoms with Crippen LogP contribution >= 0.6 is 22.9 Å². The van der Waals surface area contributed by atoms with Gasteiger partial charge in [-0.1, -0.05) is 0 Å². The van der Waals surface area contributed by atoms with Crippen molar-refractivity contribution < 1.29 is 4.79 Å². The van der Waals surface area contributed by atoms with Crippen molar-refractivity contribution in [3.05, 3.63) is 23.8 Å². The molecule has 0 unspecified atom stereocenters. The molecular formula is C7H8IN3O. The molecule has 1 amide bonds. The monoisotopic (exact) mass is 277 g/mol. The molecule has 0 saturated heterocycles. The van der Waals surface area contributed by atoms with E-state index in [9.17, 15) is 4.79 Å². The molecule has 1 rings (SSSR count). The molecule has 1 aromatic carbocycles. The van der Waals surface area contributed by atoms with Crippen LogP contribution in [-0.2, 0) is 0 Å². The van der Waals surface area contributed by atoms with E-state index in [1.807, 2.05) is 0 Å². The summed E-state index contributed by atoms with van der Waals surface area (Å²) in [5.41, 5.74) is 12.4. The number of amides is 1. The van der Waals surface area contributed by atoms with Crippen molar-refractivity contribution >= 4 is 40.1 Å². The Hall–Kier alpha value is -0.980. The first-order valence-electron chi connectivity index (χ1n) is 3.21. The number of carbonyl (C=O) groups excluding carboxylic acids is 1. The number of nitrogens with one attached hydrogen (secondary N) is 1. The van der Waals surface area contributed by atoms with Gasteiger partial charge in [0, 0.05) is 5.56 Å². The average Bonchev–Trinajstić information content (AvgIpc) is 2.08. The molecule has 0 aliphatic rings. The zero-order chi connectivity index (χ0) is 9.14. The van der Waals surface area contributed by atoms with Crippen molar-refractivity contribution in [1.82, 2.24) is 3.53 Å². The van der Waals surface area contributed by atoms with E-state index in [-0.39, 0.29) is 5.91 Å². The van der Waals surface area contributed by atoms with Crippen LogP contribution in [-0.4, -0.2) is 5.91 Å². The summed E-state index contributed by atoms with van der Waals surface area (Å²) in [4.78, 5) is 11.1. The summed E-state index contributed by atoms with van der Waals surface area (Å²) in [6.45, 7) is 0. The molecule has 0 spiro atoms. The highest BCUT2D eigenvalue weighted by Crippen LogP contribution is 2.15. The number of halogens is 1. The molecule has 64 valence electrons. The van der Waals surface area contributed by atoms with Crippen LogP contribution in [0.3, 0.4) is 0 Å². The van der Waals surface area contributed by atoms with E-state index in [1.165, 1.54) is 0 Å². The molecule has 1 aromatic rings. The molecule has 0 fully saturated rings. The standard InChI is InChI=1S/C7H8IN3O/c8-11-7(12)4-1-2-5(9)6(10)3-4/h1-3H,9-10H2,(H,11,12). The Bertz CT molecular complexity index is 314. The Balaban J connectivity index is 3.05. The molecule has 5 heteroatoms. The second kappa shape index (κ2) is 3.61. The van der Waals surface area contributed by atoms with E-state index in [4.69, 9.17) is 11.5 Å². The van der Waals surface area contributed by atoms with Gasteiger partial charge in [-0.3, -0.25) is 8.32 Å². The van der Waals surface area contributed by atoms with Gasteiger partial charge in [0.2, 0.25) is 0 Å².